The second kappa shape index (κ2) is 16.5. The average Bonchev–Trinajstić information content (AvgIpc) is 3.89. The lowest BCUT2D eigenvalue weighted by molar-refractivity contribution is -0.137. The summed E-state index contributed by atoms with van der Waals surface area (Å²) in [5.74, 6) is -0.978. The number of ether oxygens (including phenoxy) is 1. The standard InChI is InChI=1S/C37H42N12O6/c1-4-48-31(19-23(3)44-48)42-36-40-26-20-24(33(38)52)9-11-28(26)46(36)13-5-6-14-47-29-12-10-25(34(39)53)21-27(29)41-37(47)43-35(54)30-18-22(2)45-49(30)15-17-55-16-7-8-32(50)51/h5-6,9-12,18-21H,4,7-8,13-17H2,1-3H3,(H2,38,52)(H2,39,53)(H,40,42)(H,50,51)(H,41,43,54)/b6-5+. The van der Waals surface area contributed by atoms with E-state index in [4.69, 9.17) is 26.3 Å². The minimum atomic E-state index is -0.889. The Kier molecular flexibility index (Phi) is 11.4. The Morgan fingerprint density at radius 2 is 1.38 bits per heavy atom. The maximum absolute atomic E-state index is 13.7. The van der Waals surface area contributed by atoms with E-state index < -0.39 is 23.7 Å². The van der Waals surface area contributed by atoms with Crippen molar-refractivity contribution in [1.82, 2.24) is 38.7 Å². The average molecular weight is 751 g/mol. The molecule has 0 spiro atoms. The molecular weight excluding hydrogens is 708 g/mol. The normalized spacial score (nSPS) is 11.5. The SMILES string of the molecule is CCn1nc(C)cc1Nc1nc2cc(C(N)=O)ccc2n1C/C=C/Cn1c(NC(=O)c2cc(C)nn2CCOCCCC(=O)O)nc2cc(C(N)=O)ccc21. The molecule has 4 aromatic heterocycles. The van der Waals surface area contributed by atoms with Crippen molar-refractivity contribution in [3.05, 3.63) is 88.9 Å². The summed E-state index contributed by atoms with van der Waals surface area (Å²) in [6.45, 7) is 7.76. The zero-order valence-electron chi connectivity index (χ0n) is 30.7. The van der Waals surface area contributed by atoms with Gasteiger partial charge in [0.1, 0.15) is 11.5 Å². The number of amides is 3. The molecule has 0 unspecified atom stereocenters. The number of primary amides is 2. The van der Waals surface area contributed by atoms with Crippen LogP contribution >= 0.6 is 0 Å². The zero-order valence-corrected chi connectivity index (χ0v) is 30.7. The number of carboxylic acids is 1. The number of benzene rings is 2. The first-order chi connectivity index (χ1) is 26.4. The Hall–Kier alpha value is -6.82. The van der Waals surface area contributed by atoms with Gasteiger partial charge in [-0.05, 0) is 69.7 Å². The topological polar surface area (TPSA) is 245 Å². The van der Waals surface area contributed by atoms with Crippen LogP contribution in [-0.2, 0) is 35.7 Å². The predicted octanol–water partition coefficient (Wildman–Crippen LogP) is 3.75. The number of carbonyl (C=O) groups is 4. The third kappa shape index (κ3) is 8.71. The van der Waals surface area contributed by atoms with E-state index in [9.17, 15) is 19.2 Å². The molecule has 7 N–H and O–H groups in total. The first kappa shape index (κ1) is 37.9. The highest BCUT2D eigenvalue weighted by Gasteiger charge is 2.20. The fourth-order valence-electron chi connectivity index (χ4n) is 6.13. The fourth-order valence-corrected chi connectivity index (χ4v) is 6.13. The van der Waals surface area contributed by atoms with Crippen LogP contribution in [0.15, 0.2) is 60.7 Å². The van der Waals surface area contributed by atoms with E-state index in [1.165, 1.54) is 4.68 Å². The second-order valence-corrected chi connectivity index (χ2v) is 12.8. The third-order valence-corrected chi connectivity index (χ3v) is 8.74. The molecule has 55 heavy (non-hydrogen) atoms. The molecule has 0 aliphatic carbocycles. The van der Waals surface area contributed by atoms with Crippen LogP contribution in [0.4, 0.5) is 17.7 Å². The van der Waals surface area contributed by atoms with Gasteiger partial charge in [-0.15, -0.1) is 0 Å². The Morgan fingerprint density at radius 1 is 0.800 bits per heavy atom. The maximum atomic E-state index is 13.7. The number of fused-ring (bicyclic) bond motifs is 2. The summed E-state index contributed by atoms with van der Waals surface area (Å²) in [5, 5.41) is 24.1. The van der Waals surface area contributed by atoms with E-state index in [1.807, 2.05) is 41.3 Å². The van der Waals surface area contributed by atoms with Gasteiger partial charge >= 0.3 is 5.97 Å². The van der Waals surface area contributed by atoms with Gasteiger partial charge in [0.2, 0.25) is 23.7 Å². The summed E-state index contributed by atoms with van der Waals surface area (Å²) in [5.41, 5.74) is 15.9. The van der Waals surface area contributed by atoms with Gasteiger partial charge in [-0.3, -0.25) is 29.2 Å². The molecule has 0 atom stereocenters. The summed E-state index contributed by atoms with van der Waals surface area (Å²) in [4.78, 5) is 57.8. The van der Waals surface area contributed by atoms with Crippen molar-refractivity contribution in [2.24, 2.45) is 11.5 Å². The van der Waals surface area contributed by atoms with Crippen LogP contribution in [0, 0.1) is 13.8 Å². The molecule has 6 aromatic rings. The predicted molar refractivity (Wildman–Crippen MR) is 204 cm³/mol. The molecule has 3 amide bonds. The van der Waals surface area contributed by atoms with Crippen LogP contribution in [0.5, 0.6) is 0 Å². The molecule has 18 heteroatoms. The number of nitrogens with two attached hydrogens (primary N) is 2. The van der Waals surface area contributed by atoms with Crippen molar-refractivity contribution in [2.75, 3.05) is 23.8 Å². The van der Waals surface area contributed by atoms with Crippen LogP contribution in [-0.4, -0.2) is 80.7 Å². The highest BCUT2D eigenvalue weighted by molar-refractivity contribution is 6.03. The number of aliphatic carboxylic acids is 1. The Morgan fingerprint density at radius 3 is 1.98 bits per heavy atom. The number of rotatable bonds is 18. The van der Waals surface area contributed by atoms with Gasteiger partial charge in [0, 0.05) is 49.9 Å². The van der Waals surface area contributed by atoms with Gasteiger partial charge in [0.15, 0.2) is 0 Å². The molecule has 2 aromatic carbocycles. The highest BCUT2D eigenvalue weighted by atomic mass is 16.5. The maximum Gasteiger partial charge on any atom is 0.303 e. The number of aryl methyl sites for hydroxylation is 3. The summed E-state index contributed by atoms with van der Waals surface area (Å²) >= 11 is 0. The number of anilines is 3. The van der Waals surface area contributed by atoms with Crippen molar-refractivity contribution in [2.45, 2.75) is 59.8 Å². The third-order valence-electron chi connectivity index (χ3n) is 8.74. The lowest BCUT2D eigenvalue weighted by Gasteiger charge is -2.11. The molecule has 0 aliphatic heterocycles. The summed E-state index contributed by atoms with van der Waals surface area (Å²) in [7, 11) is 0. The van der Waals surface area contributed by atoms with Crippen molar-refractivity contribution in [3.8, 4) is 0 Å². The number of aromatic nitrogens is 8. The summed E-state index contributed by atoms with van der Waals surface area (Å²) in [6, 6.07) is 13.6. The zero-order chi connectivity index (χ0) is 39.2. The fraction of sp³-hybridized carbons (Fsp3) is 0.297. The molecule has 0 bridgehead atoms. The van der Waals surface area contributed by atoms with Gasteiger partial charge in [-0.25, -0.2) is 14.6 Å². The minimum absolute atomic E-state index is 0.00938. The van der Waals surface area contributed by atoms with Gasteiger partial charge in [-0.2, -0.15) is 10.2 Å². The number of hydrogen-bond acceptors (Lipinski definition) is 10. The van der Waals surface area contributed by atoms with E-state index in [0.29, 0.717) is 53.3 Å². The second-order valence-electron chi connectivity index (χ2n) is 12.8. The molecular formula is C37H42N12O6. The van der Waals surface area contributed by atoms with E-state index in [1.54, 1.807) is 54.0 Å². The van der Waals surface area contributed by atoms with E-state index in [2.05, 4.69) is 25.8 Å². The lowest BCUT2D eigenvalue weighted by atomic mass is 10.2. The molecule has 286 valence electrons. The summed E-state index contributed by atoms with van der Waals surface area (Å²) < 4.78 is 12.7. The molecule has 0 fully saturated rings. The largest absolute Gasteiger partial charge is 0.481 e. The lowest BCUT2D eigenvalue weighted by Crippen LogP contribution is -2.21. The summed E-state index contributed by atoms with van der Waals surface area (Å²) in [6.07, 6.45) is 4.25. The molecule has 18 nitrogen and oxygen atoms in total. The minimum Gasteiger partial charge on any atom is -0.481 e. The number of allylic oxidation sites excluding steroid dienone is 2. The molecule has 0 radical (unpaired) electrons. The van der Waals surface area contributed by atoms with Crippen molar-refractivity contribution < 1.29 is 29.0 Å². The van der Waals surface area contributed by atoms with Gasteiger partial charge in [0.05, 0.1) is 46.6 Å². The highest BCUT2D eigenvalue weighted by Crippen LogP contribution is 2.26. The van der Waals surface area contributed by atoms with Crippen LogP contribution in [0.3, 0.4) is 0 Å². The van der Waals surface area contributed by atoms with E-state index in [-0.39, 0.29) is 49.9 Å². The van der Waals surface area contributed by atoms with Crippen molar-refractivity contribution >= 4 is 63.5 Å². The number of nitrogens with zero attached hydrogens (tertiary/aromatic N) is 8. The number of imidazole rings is 2. The number of nitrogens with one attached hydrogen (secondary N) is 2. The number of carboxylic acid groups (broad SMARTS) is 1. The monoisotopic (exact) mass is 750 g/mol. The van der Waals surface area contributed by atoms with Gasteiger partial charge in [-0.1, -0.05) is 12.2 Å². The van der Waals surface area contributed by atoms with E-state index >= 15 is 0 Å². The molecule has 6 rings (SSSR count). The van der Waals surface area contributed by atoms with Crippen LogP contribution in [0.1, 0.15) is 62.4 Å². The molecule has 0 aliphatic rings. The van der Waals surface area contributed by atoms with Crippen molar-refractivity contribution in [3.63, 3.8) is 0 Å². The van der Waals surface area contributed by atoms with Crippen LogP contribution in [0.2, 0.25) is 0 Å². The number of hydrogen-bond donors (Lipinski definition) is 5. The van der Waals surface area contributed by atoms with Gasteiger partial charge < -0.3 is 35.8 Å². The molecule has 0 saturated heterocycles. The Bertz CT molecular complexity index is 2440. The Labute approximate surface area is 314 Å². The molecule has 0 saturated carbocycles. The van der Waals surface area contributed by atoms with Gasteiger partial charge in [0.25, 0.3) is 5.91 Å². The Balaban J connectivity index is 1.25. The number of carbonyl (C=O) groups excluding carboxylic acids is 3. The van der Waals surface area contributed by atoms with Crippen molar-refractivity contribution in [1.29, 1.82) is 0 Å². The first-order valence-electron chi connectivity index (χ1n) is 17.6. The van der Waals surface area contributed by atoms with Crippen LogP contribution in [0.25, 0.3) is 22.1 Å². The smallest absolute Gasteiger partial charge is 0.303 e. The van der Waals surface area contributed by atoms with E-state index in [0.717, 1.165) is 17.0 Å². The molecule has 4 heterocycles. The quantitative estimate of drug-likeness (QED) is 0.0625. The van der Waals surface area contributed by atoms with Crippen LogP contribution < -0.4 is 22.1 Å². The first-order valence-corrected chi connectivity index (χ1v) is 17.6.